The third kappa shape index (κ3) is 2.07. The second-order valence-electron chi connectivity index (χ2n) is 3.20. The van der Waals surface area contributed by atoms with Crippen LogP contribution < -0.4 is 5.56 Å². The van der Waals surface area contributed by atoms with Gasteiger partial charge in [0.05, 0.1) is 16.9 Å². The monoisotopic (exact) mass is 269 g/mol. The normalized spacial score (nSPS) is 10.5. The van der Waals surface area contributed by atoms with Crippen LogP contribution in [0.2, 0.25) is 0 Å². The van der Waals surface area contributed by atoms with Crippen molar-refractivity contribution in [2.45, 2.75) is 6.92 Å². The Kier molecular flexibility index (Phi) is 3.06. The van der Waals surface area contributed by atoms with E-state index in [2.05, 4.69) is 14.7 Å². The van der Waals surface area contributed by atoms with Gasteiger partial charge in [-0.15, -0.1) is 0 Å². The molecule has 2 aromatic rings. The van der Waals surface area contributed by atoms with Gasteiger partial charge in [-0.05, 0) is 18.3 Å². The average molecular weight is 269 g/mol. The molecule has 0 radical (unpaired) electrons. The standard InChI is InChI=1S/C9H7N3O5S/c1-2-17-9(14)6-10-7(13)4-3-5(12(15)16)18-8(4)11-6/h3H,2H2,1H3,(H,10,11,13). The quantitative estimate of drug-likeness (QED) is 0.506. The first-order valence-corrected chi connectivity index (χ1v) is 5.70. The zero-order chi connectivity index (χ0) is 13.3. The van der Waals surface area contributed by atoms with Crippen LogP contribution in [0.5, 0.6) is 0 Å². The van der Waals surface area contributed by atoms with Gasteiger partial charge in [0.2, 0.25) is 5.82 Å². The van der Waals surface area contributed by atoms with Gasteiger partial charge in [0.15, 0.2) is 0 Å². The van der Waals surface area contributed by atoms with E-state index in [1.807, 2.05) is 0 Å². The molecule has 0 saturated heterocycles. The number of aromatic nitrogens is 2. The van der Waals surface area contributed by atoms with Gasteiger partial charge in [-0.25, -0.2) is 9.78 Å². The number of hydrogen-bond acceptors (Lipinski definition) is 7. The molecule has 0 bridgehead atoms. The Morgan fingerprint density at radius 1 is 1.67 bits per heavy atom. The lowest BCUT2D eigenvalue weighted by Crippen LogP contribution is -2.16. The molecule has 0 aliphatic carbocycles. The first-order valence-electron chi connectivity index (χ1n) is 4.88. The Balaban J connectivity index is 2.58. The van der Waals surface area contributed by atoms with Gasteiger partial charge in [0.25, 0.3) is 5.56 Å². The highest BCUT2D eigenvalue weighted by Crippen LogP contribution is 2.27. The smallest absolute Gasteiger partial charge is 0.374 e. The highest BCUT2D eigenvalue weighted by Gasteiger charge is 2.18. The Morgan fingerprint density at radius 3 is 3.00 bits per heavy atom. The van der Waals surface area contributed by atoms with Crippen molar-refractivity contribution in [3.8, 4) is 0 Å². The summed E-state index contributed by atoms with van der Waals surface area (Å²) >= 11 is 0.731. The molecular formula is C9H7N3O5S. The summed E-state index contributed by atoms with van der Waals surface area (Å²) in [5.41, 5.74) is -0.604. The molecule has 2 aromatic heterocycles. The fraction of sp³-hybridized carbons (Fsp3) is 0.222. The molecule has 0 amide bonds. The predicted octanol–water partition coefficient (Wildman–Crippen LogP) is 1.07. The van der Waals surface area contributed by atoms with Crippen LogP contribution in [0.25, 0.3) is 10.2 Å². The van der Waals surface area contributed by atoms with Crippen molar-refractivity contribution < 1.29 is 14.5 Å². The van der Waals surface area contributed by atoms with E-state index in [9.17, 15) is 19.7 Å². The highest BCUT2D eigenvalue weighted by molar-refractivity contribution is 7.21. The third-order valence-electron chi connectivity index (χ3n) is 2.04. The lowest BCUT2D eigenvalue weighted by molar-refractivity contribution is -0.380. The van der Waals surface area contributed by atoms with E-state index < -0.39 is 16.5 Å². The predicted molar refractivity (Wildman–Crippen MR) is 62.9 cm³/mol. The number of fused-ring (bicyclic) bond motifs is 1. The number of thiophene rings is 1. The number of rotatable bonds is 3. The largest absolute Gasteiger partial charge is 0.460 e. The number of esters is 1. The maximum atomic E-state index is 11.6. The summed E-state index contributed by atoms with van der Waals surface area (Å²) in [6, 6.07) is 1.13. The molecule has 0 aliphatic rings. The highest BCUT2D eigenvalue weighted by atomic mass is 32.1. The number of ether oxygens (including phenoxy) is 1. The SMILES string of the molecule is CCOC(=O)c1nc2sc([N+](=O)[O-])cc2c(=O)[nH]1. The van der Waals surface area contributed by atoms with Crippen LogP contribution >= 0.6 is 11.3 Å². The summed E-state index contributed by atoms with van der Waals surface area (Å²) in [6.07, 6.45) is 0. The molecule has 0 aromatic carbocycles. The molecule has 8 nitrogen and oxygen atoms in total. The van der Waals surface area contributed by atoms with Gasteiger partial charge >= 0.3 is 11.0 Å². The van der Waals surface area contributed by atoms with Crippen molar-refractivity contribution in [2.24, 2.45) is 0 Å². The van der Waals surface area contributed by atoms with Crippen LogP contribution in [0.4, 0.5) is 5.00 Å². The van der Waals surface area contributed by atoms with Crippen LogP contribution in [0, 0.1) is 10.1 Å². The molecule has 0 atom stereocenters. The fourth-order valence-electron chi connectivity index (χ4n) is 1.30. The molecule has 0 fully saturated rings. The first-order chi connectivity index (χ1) is 8.52. The van der Waals surface area contributed by atoms with Crippen molar-refractivity contribution >= 4 is 32.5 Å². The minimum Gasteiger partial charge on any atom is -0.460 e. The topological polar surface area (TPSA) is 115 Å². The van der Waals surface area contributed by atoms with E-state index in [4.69, 9.17) is 0 Å². The number of nitrogens with one attached hydrogen (secondary N) is 1. The Labute approximate surface area is 103 Å². The van der Waals surface area contributed by atoms with Crippen LogP contribution in [0.1, 0.15) is 17.5 Å². The third-order valence-corrected chi connectivity index (χ3v) is 3.02. The Bertz CT molecular complexity index is 689. The zero-order valence-corrected chi connectivity index (χ0v) is 9.94. The lowest BCUT2D eigenvalue weighted by Gasteiger charge is -1.99. The number of nitrogens with zero attached hydrogens (tertiary/aromatic N) is 2. The van der Waals surface area contributed by atoms with Gasteiger partial charge in [0, 0.05) is 6.07 Å². The maximum absolute atomic E-state index is 11.6. The van der Waals surface area contributed by atoms with Gasteiger partial charge in [0.1, 0.15) is 4.83 Å². The van der Waals surface area contributed by atoms with E-state index in [1.54, 1.807) is 6.92 Å². The summed E-state index contributed by atoms with van der Waals surface area (Å²) in [4.78, 5) is 39.2. The van der Waals surface area contributed by atoms with Crippen molar-refractivity contribution in [3.05, 3.63) is 32.4 Å². The van der Waals surface area contributed by atoms with E-state index in [0.717, 1.165) is 17.4 Å². The Morgan fingerprint density at radius 2 is 2.39 bits per heavy atom. The summed E-state index contributed by atoms with van der Waals surface area (Å²) < 4.78 is 4.69. The van der Waals surface area contributed by atoms with E-state index in [-0.39, 0.29) is 27.6 Å². The van der Waals surface area contributed by atoms with Crippen molar-refractivity contribution in [2.75, 3.05) is 6.61 Å². The van der Waals surface area contributed by atoms with E-state index in [0.29, 0.717) is 0 Å². The fourth-order valence-corrected chi connectivity index (χ4v) is 2.15. The van der Waals surface area contributed by atoms with Crippen molar-refractivity contribution in [3.63, 3.8) is 0 Å². The molecule has 0 saturated carbocycles. The summed E-state index contributed by atoms with van der Waals surface area (Å²) in [5, 5.41) is 10.5. The van der Waals surface area contributed by atoms with Gasteiger partial charge in [-0.1, -0.05) is 0 Å². The maximum Gasteiger partial charge on any atom is 0.374 e. The summed E-state index contributed by atoms with van der Waals surface area (Å²) in [7, 11) is 0. The van der Waals surface area contributed by atoms with Crippen LogP contribution in [0.15, 0.2) is 10.9 Å². The molecule has 2 heterocycles. The van der Waals surface area contributed by atoms with Gasteiger partial charge in [-0.2, -0.15) is 0 Å². The van der Waals surface area contributed by atoms with Crippen LogP contribution in [0.3, 0.4) is 0 Å². The van der Waals surface area contributed by atoms with Crippen molar-refractivity contribution in [1.29, 1.82) is 0 Å². The molecule has 94 valence electrons. The lowest BCUT2D eigenvalue weighted by atomic mass is 10.4. The minimum atomic E-state index is -0.771. The molecule has 9 heteroatoms. The van der Waals surface area contributed by atoms with E-state index >= 15 is 0 Å². The number of carbonyl (C=O) groups is 1. The van der Waals surface area contributed by atoms with Crippen molar-refractivity contribution in [1.82, 2.24) is 9.97 Å². The molecule has 2 rings (SSSR count). The summed E-state index contributed by atoms with van der Waals surface area (Å²) in [5.74, 6) is -1.03. The molecule has 18 heavy (non-hydrogen) atoms. The molecule has 1 N–H and O–H groups in total. The van der Waals surface area contributed by atoms with E-state index in [1.165, 1.54) is 0 Å². The van der Waals surface area contributed by atoms with Crippen LogP contribution in [-0.2, 0) is 4.74 Å². The number of aromatic amines is 1. The number of nitro groups is 1. The number of H-pyrrole nitrogens is 1. The molecular weight excluding hydrogens is 262 g/mol. The minimum absolute atomic E-state index is 0.0831. The zero-order valence-electron chi connectivity index (χ0n) is 9.13. The van der Waals surface area contributed by atoms with Gasteiger partial charge in [-0.3, -0.25) is 14.9 Å². The Hall–Kier alpha value is -2.29. The molecule has 0 spiro atoms. The molecule has 0 aliphatic heterocycles. The van der Waals surface area contributed by atoms with Crippen LogP contribution in [-0.4, -0.2) is 27.5 Å². The second-order valence-corrected chi connectivity index (χ2v) is 4.20. The number of carbonyl (C=O) groups excluding carboxylic acids is 1. The number of hydrogen-bond donors (Lipinski definition) is 1. The first kappa shape index (κ1) is 12.2. The van der Waals surface area contributed by atoms with Gasteiger partial charge < -0.3 is 9.72 Å². The average Bonchev–Trinajstić information content (AvgIpc) is 2.73. The second kappa shape index (κ2) is 4.53. The summed E-state index contributed by atoms with van der Waals surface area (Å²) in [6.45, 7) is 1.76. The molecule has 0 unspecified atom stereocenters.